The molecule has 0 heterocycles. The van der Waals surface area contributed by atoms with Crippen molar-refractivity contribution in [2.45, 2.75) is 19.6 Å². The standard InChI is InChI=1S/C12H19NOSi/c1-13(10-15(2,3)4)12(14)11-8-6-5-7-9-11/h5-9H,10H2,1-4H3. The summed E-state index contributed by atoms with van der Waals surface area (Å²) in [6.07, 6.45) is 0.903. The van der Waals surface area contributed by atoms with Crippen LogP contribution in [0, 0.1) is 0 Å². The second-order valence-electron chi connectivity index (χ2n) is 5.09. The lowest BCUT2D eigenvalue weighted by Gasteiger charge is -2.25. The molecule has 0 aliphatic carbocycles. The van der Waals surface area contributed by atoms with Crippen LogP contribution in [0.2, 0.25) is 19.6 Å². The summed E-state index contributed by atoms with van der Waals surface area (Å²) in [5.74, 6) is 0.123. The summed E-state index contributed by atoms with van der Waals surface area (Å²) in [7, 11) is 0.672. The van der Waals surface area contributed by atoms with Crippen LogP contribution < -0.4 is 0 Å². The highest BCUT2D eigenvalue weighted by Gasteiger charge is 2.19. The summed E-state index contributed by atoms with van der Waals surface area (Å²) in [5.41, 5.74) is 0.776. The van der Waals surface area contributed by atoms with Gasteiger partial charge < -0.3 is 4.90 Å². The molecular formula is C12H19NOSi. The molecule has 0 N–H and O–H groups in total. The maximum absolute atomic E-state index is 12.0. The highest BCUT2D eigenvalue weighted by atomic mass is 28.3. The molecule has 82 valence electrons. The third kappa shape index (κ3) is 3.87. The van der Waals surface area contributed by atoms with Gasteiger partial charge in [-0.2, -0.15) is 0 Å². The largest absolute Gasteiger partial charge is 0.345 e. The van der Waals surface area contributed by atoms with Gasteiger partial charge in [0.25, 0.3) is 5.91 Å². The Labute approximate surface area is 92.9 Å². The fraction of sp³-hybridized carbons (Fsp3) is 0.417. The maximum Gasteiger partial charge on any atom is 0.253 e. The predicted molar refractivity (Wildman–Crippen MR) is 66.7 cm³/mol. The number of carbonyl (C=O) groups excluding carboxylic acids is 1. The van der Waals surface area contributed by atoms with Crippen molar-refractivity contribution < 1.29 is 4.79 Å². The SMILES string of the molecule is CN(C[Si](C)(C)C)C(=O)c1ccccc1. The Morgan fingerprint density at radius 2 is 1.73 bits per heavy atom. The Balaban J connectivity index is 2.70. The number of carbonyl (C=O) groups is 1. The lowest BCUT2D eigenvalue weighted by atomic mass is 10.2. The Kier molecular flexibility index (Phi) is 3.69. The van der Waals surface area contributed by atoms with Gasteiger partial charge in [-0.1, -0.05) is 37.8 Å². The molecule has 1 aromatic rings. The molecule has 0 spiro atoms. The Bertz CT molecular complexity index is 329. The van der Waals surface area contributed by atoms with Gasteiger partial charge in [0.2, 0.25) is 0 Å². The zero-order chi connectivity index (χ0) is 11.5. The number of benzene rings is 1. The van der Waals surface area contributed by atoms with Gasteiger partial charge >= 0.3 is 0 Å². The Morgan fingerprint density at radius 3 is 2.20 bits per heavy atom. The van der Waals surface area contributed by atoms with Gasteiger partial charge in [-0.15, -0.1) is 0 Å². The van der Waals surface area contributed by atoms with Crippen LogP contribution in [0.3, 0.4) is 0 Å². The topological polar surface area (TPSA) is 20.3 Å². The van der Waals surface area contributed by atoms with Crippen molar-refractivity contribution in [3.05, 3.63) is 35.9 Å². The number of amides is 1. The van der Waals surface area contributed by atoms with Crippen LogP contribution in [0.4, 0.5) is 0 Å². The summed E-state index contributed by atoms with van der Waals surface area (Å²) in [5, 5.41) is 0. The van der Waals surface area contributed by atoms with Gasteiger partial charge in [0.15, 0.2) is 0 Å². The molecule has 2 nitrogen and oxygen atoms in total. The Morgan fingerprint density at radius 1 is 1.20 bits per heavy atom. The highest BCUT2D eigenvalue weighted by molar-refractivity contribution is 6.76. The third-order valence-electron chi connectivity index (χ3n) is 2.08. The summed E-state index contributed by atoms with van der Waals surface area (Å²) < 4.78 is 0. The fourth-order valence-electron chi connectivity index (χ4n) is 1.58. The number of hydrogen-bond donors (Lipinski definition) is 0. The molecule has 1 rings (SSSR count). The van der Waals surface area contributed by atoms with Crippen LogP contribution in [0.1, 0.15) is 10.4 Å². The number of nitrogens with zero attached hydrogens (tertiary/aromatic N) is 1. The van der Waals surface area contributed by atoms with Crippen LogP contribution in [-0.2, 0) is 0 Å². The quantitative estimate of drug-likeness (QED) is 0.719. The van der Waals surface area contributed by atoms with Crippen LogP contribution in [0.15, 0.2) is 30.3 Å². The molecule has 1 amide bonds. The van der Waals surface area contributed by atoms with E-state index in [2.05, 4.69) is 19.6 Å². The zero-order valence-electron chi connectivity index (χ0n) is 9.95. The summed E-state index contributed by atoms with van der Waals surface area (Å²) in [6.45, 7) is 6.80. The molecule has 3 heteroatoms. The van der Waals surface area contributed by atoms with Crippen molar-refractivity contribution in [3.63, 3.8) is 0 Å². The first-order chi connectivity index (χ1) is 6.90. The summed E-state index contributed by atoms with van der Waals surface area (Å²) in [4.78, 5) is 13.8. The molecule has 15 heavy (non-hydrogen) atoms. The van der Waals surface area contributed by atoms with Crippen molar-refractivity contribution in [3.8, 4) is 0 Å². The second-order valence-corrected chi connectivity index (χ2v) is 10.5. The average molecular weight is 221 g/mol. The summed E-state index contributed by atoms with van der Waals surface area (Å²) >= 11 is 0. The second kappa shape index (κ2) is 4.62. The van der Waals surface area contributed by atoms with E-state index in [0.717, 1.165) is 11.7 Å². The van der Waals surface area contributed by atoms with Crippen LogP contribution in [0.25, 0.3) is 0 Å². The average Bonchev–Trinajstić information content (AvgIpc) is 2.15. The zero-order valence-corrected chi connectivity index (χ0v) is 10.9. The van der Waals surface area contributed by atoms with Crippen molar-refractivity contribution in [1.29, 1.82) is 0 Å². The van der Waals surface area contributed by atoms with E-state index in [0.29, 0.717) is 0 Å². The molecule has 0 atom stereocenters. The molecule has 0 aliphatic heterocycles. The lowest BCUT2D eigenvalue weighted by Crippen LogP contribution is -2.41. The molecule has 0 saturated heterocycles. The van der Waals surface area contributed by atoms with Crippen LogP contribution >= 0.6 is 0 Å². The fourth-order valence-corrected chi connectivity index (χ4v) is 3.15. The van der Waals surface area contributed by atoms with E-state index in [1.165, 1.54) is 0 Å². The molecule has 0 fully saturated rings. The van der Waals surface area contributed by atoms with Crippen molar-refractivity contribution in [2.24, 2.45) is 0 Å². The molecule has 1 aromatic carbocycles. The van der Waals surface area contributed by atoms with Gasteiger partial charge in [0.1, 0.15) is 0 Å². The molecule has 0 aromatic heterocycles. The van der Waals surface area contributed by atoms with Crippen molar-refractivity contribution in [1.82, 2.24) is 4.90 Å². The minimum absolute atomic E-state index is 0.123. The van der Waals surface area contributed by atoms with Crippen molar-refractivity contribution in [2.75, 3.05) is 13.2 Å². The molecule has 0 saturated carbocycles. The molecule has 0 bridgehead atoms. The van der Waals surface area contributed by atoms with Crippen molar-refractivity contribution >= 4 is 14.0 Å². The molecular weight excluding hydrogens is 202 g/mol. The van der Waals surface area contributed by atoms with E-state index in [4.69, 9.17) is 0 Å². The molecule has 0 radical (unpaired) electrons. The maximum atomic E-state index is 12.0. The van der Waals surface area contributed by atoms with E-state index in [1.54, 1.807) is 0 Å². The van der Waals surface area contributed by atoms with E-state index in [1.807, 2.05) is 42.3 Å². The van der Waals surface area contributed by atoms with E-state index >= 15 is 0 Å². The monoisotopic (exact) mass is 221 g/mol. The number of hydrogen-bond acceptors (Lipinski definition) is 1. The first-order valence-electron chi connectivity index (χ1n) is 5.21. The molecule has 0 aliphatic rings. The van der Waals surface area contributed by atoms with Gasteiger partial charge in [-0.25, -0.2) is 0 Å². The van der Waals surface area contributed by atoms with Gasteiger partial charge in [-0.05, 0) is 12.1 Å². The Hall–Kier alpha value is -1.09. The summed E-state index contributed by atoms with van der Waals surface area (Å²) in [6, 6.07) is 9.45. The predicted octanol–water partition coefficient (Wildman–Crippen LogP) is 2.64. The third-order valence-corrected chi connectivity index (χ3v) is 3.50. The lowest BCUT2D eigenvalue weighted by molar-refractivity contribution is 0.0815. The molecule has 0 unspecified atom stereocenters. The normalized spacial score (nSPS) is 11.2. The first-order valence-corrected chi connectivity index (χ1v) is 8.91. The minimum atomic E-state index is -1.21. The minimum Gasteiger partial charge on any atom is -0.345 e. The van der Waals surface area contributed by atoms with Gasteiger partial charge in [0, 0.05) is 18.8 Å². The van der Waals surface area contributed by atoms with Gasteiger partial charge in [0.05, 0.1) is 8.07 Å². The first kappa shape index (κ1) is 12.0. The highest BCUT2D eigenvalue weighted by Crippen LogP contribution is 2.07. The van der Waals surface area contributed by atoms with E-state index < -0.39 is 8.07 Å². The smallest absolute Gasteiger partial charge is 0.253 e. The van der Waals surface area contributed by atoms with Crippen LogP contribution in [-0.4, -0.2) is 32.1 Å². The van der Waals surface area contributed by atoms with E-state index in [9.17, 15) is 4.79 Å². The number of rotatable bonds is 3. The van der Waals surface area contributed by atoms with Crippen LogP contribution in [0.5, 0.6) is 0 Å². The van der Waals surface area contributed by atoms with E-state index in [-0.39, 0.29) is 5.91 Å². The van der Waals surface area contributed by atoms with Gasteiger partial charge in [-0.3, -0.25) is 4.79 Å².